The summed E-state index contributed by atoms with van der Waals surface area (Å²) in [5.41, 5.74) is 0.273. The van der Waals surface area contributed by atoms with Gasteiger partial charge in [-0.05, 0) is 18.9 Å². The molecule has 0 aliphatic carbocycles. The molecule has 1 aromatic rings. The van der Waals surface area contributed by atoms with Crippen LogP contribution in [0.1, 0.15) is 23.2 Å². The van der Waals surface area contributed by atoms with Gasteiger partial charge in [-0.1, -0.05) is 0 Å². The lowest BCUT2D eigenvalue weighted by Crippen LogP contribution is -2.54. The molecule has 0 saturated carbocycles. The lowest BCUT2D eigenvalue weighted by atomic mass is 10.0. The number of carbonyl (C=O) groups excluding carboxylic acids is 1. The number of halogens is 1. The van der Waals surface area contributed by atoms with Gasteiger partial charge >= 0.3 is 0 Å². The van der Waals surface area contributed by atoms with Crippen LogP contribution in [0.15, 0.2) is 18.5 Å². The second kappa shape index (κ2) is 5.85. The van der Waals surface area contributed by atoms with Crippen LogP contribution in [0.25, 0.3) is 0 Å². The average Bonchev–Trinajstić information content (AvgIpc) is 3.00. The van der Waals surface area contributed by atoms with Gasteiger partial charge in [0.1, 0.15) is 5.82 Å². The lowest BCUT2D eigenvalue weighted by Gasteiger charge is -2.38. The van der Waals surface area contributed by atoms with Crippen LogP contribution in [-0.4, -0.2) is 54.3 Å². The van der Waals surface area contributed by atoms with Crippen molar-refractivity contribution in [3.8, 4) is 0 Å². The van der Waals surface area contributed by atoms with E-state index in [0.717, 1.165) is 25.6 Å². The van der Waals surface area contributed by atoms with E-state index in [-0.39, 0.29) is 23.6 Å². The molecule has 0 bridgehead atoms. The summed E-state index contributed by atoms with van der Waals surface area (Å²) < 4.78 is 24.3. The summed E-state index contributed by atoms with van der Waals surface area (Å²) in [6, 6.07) is 1.12. The summed E-state index contributed by atoms with van der Waals surface area (Å²) in [5.74, 6) is -0.710. The molecule has 6 heteroatoms. The molecule has 2 fully saturated rings. The van der Waals surface area contributed by atoms with Gasteiger partial charge in [0.25, 0.3) is 5.91 Å². The molecule has 0 N–H and O–H groups in total. The summed E-state index contributed by atoms with van der Waals surface area (Å²) >= 11 is 0. The highest BCUT2D eigenvalue weighted by Gasteiger charge is 2.36. The van der Waals surface area contributed by atoms with E-state index in [1.165, 1.54) is 12.3 Å². The largest absolute Gasteiger partial charge is 0.377 e. The van der Waals surface area contributed by atoms with Crippen molar-refractivity contribution in [2.75, 3.05) is 26.4 Å². The van der Waals surface area contributed by atoms with Gasteiger partial charge in [-0.15, -0.1) is 0 Å². The maximum absolute atomic E-state index is 13.2. The Morgan fingerprint density at radius 2 is 2.30 bits per heavy atom. The predicted octanol–water partition coefficient (Wildman–Crippen LogP) is 1.24. The first-order valence-electron chi connectivity index (χ1n) is 6.86. The quantitative estimate of drug-likeness (QED) is 0.818. The second-order valence-corrected chi connectivity index (χ2v) is 5.08. The number of hydrogen-bond donors (Lipinski definition) is 0. The Morgan fingerprint density at radius 1 is 1.40 bits per heavy atom. The third-order valence-electron chi connectivity index (χ3n) is 3.77. The standard InChI is InChI=1S/C14H17FN2O3/c15-11-6-10(7-16-8-11)14(18)17-3-5-19-9-12(17)13-2-1-4-20-13/h6-8,12-13H,1-5,9H2/t12-,13-/m1/s1. The van der Waals surface area contributed by atoms with Crippen LogP contribution < -0.4 is 0 Å². The molecule has 2 atom stereocenters. The Bertz CT molecular complexity index is 491. The first kappa shape index (κ1) is 13.5. The van der Waals surface area contributed by atoms with E-state index in [4.69, 9.17) is 9.47 Å². The number of amides is 1. The molecule has 3 rings (SSSR count). The van der Waals surface area contributed by atoms with Crippen LogP contribution in [0.3, 0.4) is 0 Å². The smallest absolute Gasteiger partial charge is 0.256 e. The minimum atomic E-state index is -0.502. The Kier molecular flexibility index (Phi) is 3.93. The van der Waals surface area contributed by atoms with Crippen LogP contribution in [-0.2, 0) is 9.47 Å². The van der Waals surface area contributed by atoms with Crippen molar-refractivity contribution in [3.05, 3.63) is 29.8 Å². The van der Waals surface area contributed by atoms with Crippen LogP contribution in [0.2, 0.25) is 0 Å². The summed E-state index contributed by atoms with van der Waals surface area (Å²) in [6.45, 7) is 2.20. The minimum absolute atomic E-state index is 0.0146. The molecule has 2 saturated heterocycles. The molecule has 0 unspecified atom stereocenters. The molecule has 2 aliphatic heterocycles. The Morgan fingerprint density at radius 3 is 3.05 bits per heavy atom. The van der Waals surface area contributed by atoms with Crippen LogP contribution in [0, 0.1) is 5.82 Å². The highest BCUT2D eigenvalue weighted by atomic mass is 19.1. The number of hydrogen-bond acceptors (Lipinski definition) is 4. The van der Waals surface area contributed by atoms with E-state index in [1.54, 1.807) is 4.90 Å². The molecule has 5 nitrogen and oxygen atoms in total. The Balaban J connectivity index is 1.80. The summed E-state index contributed by atoms with van der Waals surface area (Å²) in [7, 11) is 0. The van der Waals surface area contributed by atoms with Gasteiger partial charge in [-0.2, -0.15) is 0 Å². The number of pyridine rings is 1. The Hall–Kier alpha value is -1.53. The third kappa shape index (κ3) is 2.66. The first-order valence-corrected chi connectivity index (χ1v) is 6.86. The Labute approximate surface area is 116 Å². The van der Waals surface area contributed by atoms with E-state index in [2.05, 4.69) is 4.98 Å². The van der Waals surface area contributed by atoms with E-state index in [9.17, 15) is 9.18 Å². The van der Waals surface area contributed by atoms with Gasteiger partial charge in [0.05, 0.1) is 37.1 Å². The van der Waals surface area contributed by atoms with Gasteiger partial charge in [-0.25, -0.2) is 4.39 Å². The normalized spacial score (nSPS) is 26.8. The van der Waals surface area contributed by atoms with Crippen molar-refractivity contribution in [1.82, 2.24) is 9.88 Å². The number of nitrogens with zero attached hydrogens (tertiary/aromatic N) is 2. The fourth-order valence-corrected chi connectivity index (χ4v) is 2.78. The first-order chi connectivity index (χ1) is 9.75. The summed E-state index contributed by atoms with van der Waals surface area (Å²) in [6.07, 6.45) is 4.44. The lowest BCUT2D eigenvalue weighted by molar-refractivity contribution is -0.0531. The second-order valence-electron chi connectivity index (χ2n) is 5.08. The van der Waals surface area contributed by atoms with Crippen LogP contribution in [0.5, 0.6) is 0 Å². The molecule has 20 heavy (non-hydrogen) atoms. The molecule has 1 aromatic heterocycles. The minimum Gasteiger partial charge on any atom is -0.377 e. The van der Waals surface area contributed by atoms with Gasteiger partial charge < -0.3 is 14.4 Å². The fraction of sp³-hybridized carbons (Fsp3) is 0.571. The molecule has 2 aliphatic rings. The molecule has 108 valence electrons. The van der Waals surface area contributed by atoms with Crippen LogP contribution in [0.4, 0.5) is 4.39 Å². The monoisotopic (exact) mass is 280 g/mol. The van der Waals surface area contributed by atoms with Crippen molar-refractivity contribution in [2.24, 2.45) is 0 Å². The zero-order chi connectivity index (χ0) is 13.9. The van der Waals surface area contributed by atoms with Gasteiger partial charge in [0.2, 0.25) is 0 Å². The van der Waals surface area contributed by atoms with E-state index < -0.39 is 5.82 Å². The molecular formula is C14H17FN2O3. The van der Waals surface area contributed by atoms with Crippen molar-refractivity contribution in [3.63, 3.8) is 0 Å². The fourth-order valence-electron chi connectivity index (χ4n) is 2.78. The number of morpholine rings is 1. The number of rotatable bonds is 2. The average molecular weight is 280 g/mol. The van der Waals surface area contributed by atoms with E-state index in [0.29, 0.717) is 19.8 Å². The highest BCUT2D eigenvalue weighted by molar-refractivity contribution is 5.94. The van der Waals surface area contributed by atoms with Crippen molar-refractivity contribution in [1.29, 1.82) is 0 Å². The van der Waals surface area contributed by atoms with Gasteiger partial charge in [0, 0.05) is 19.3 Å². The molecule has 0 aromatic carbocycles. The maximum atomic E-state index is 13.2. The zero-order valence-electron chi connectivity index (χ0n) is 11.1. The van der Waals surface area contributed by atoms with Gasteiger partial charge in [0.15, 0.2) is 0 Å². The van der Waals surface area contributed by atoms with Gasteiger partial charge in [-0.3, -0.25) is 9.78 Å². The van der Waals surface area contributed by atoms with E-state index in [1.807, 2.05) is 0 Å². The number of ether oxygens (including phenoxy) is 2. The zero-order valence-corrected chi connectivity index (χ0v) is 11.1. The van der Waals surface area contributed by atoms with Crippen molar-refractivity contribution >= 4 is 5.91 Å². The predicted molar refractivity (Wildman–Crippen MR) is 68.8 cm³/mol. The molecule has 1 amide bonds. The SMILES string of the molecule is O=C(c1cncc(F)c1)N1CCOC[C@@H]1[C@H]1CCCO1. The number of aromatic nitrogens is 1. The van der Waals surface area contributed by atoms with E-state index >= 15 is 0 Å². The topological polar surface area (TPSA) is 51.7 Å². The molecule has 0 radical (unpaired) electrons. The van der Waals surface area contributed by atoms with Crippen LogP contribution >= 0.6 is 0 Å². The molecule has 0 spiro atoms. The molecular weight excluding hydrogens is 263 g/mol. The molecule has 3 heterocycles. The maximum Gasteiger partial charge on any atom is 0.256 e. The number of carbonyl (C=O) groups is 1. The highest BCUT2D eigenvalue weighted by Crippen LogP contribution is 2.23. The third-order valence-corrected chi connectivity index (χ3v) is 3.77. The summed E-state index contributed by atoms with van der Waals surface area (Å²) in [5, 5.41) is 0. The van der Waals surface area contributed by atoms with Crippen molar-refractivity contribution in [2.45, 2.75) is 25.0 Å². The van der Waals surface area contributed by atoms with Crippen molar-refractivity contribution < 1.29 is 18.7 Å². The summed E-state index contributed by atoms with van der Waals surface area (Å²) in [4.78, 5) is 18.0.